The molecule has 86 valence electrons. The molecular formula is C8H6ClF2N3O2. The second-order valence-corrected chi connectivity index (χ2v) is 3.02. The van der Waals surface area contributed by atoms with Crippen LogP contribution in [0.2, 0.25) is 0 Å². The Labute approximate surface area is 93.7 Å². The van der Waals surface area contributed by atoms with Crippen LogP contribution in [-0.4, -0.2) is 16.6 Å². The van der Waals surface area contributed by atoms with Crippen molar-refractivity contribution in [2.45, 2.75) is 0 Å². The maximum Gasteiger partial charge on any atom is 0.298 e. The number of nitrogens with two attached hydrogens (primary N) is 1. The molecule has 0 aromatic heterocycles. The number of nitro groups is 1. The first-order chi connectivity index (χ1) is 7.45. The Morgan fingerprint density at radius 1 is 1.50 bits per heavy atom. The van der Waals surface area contributed by atoms with Crippen LogP contribution in [0.15, 0.2) is 17.1 Å². The lowest BCUT2D eigenvalue weighted by Crippen LogP contribution is -2.12. The van der Waals surface area contributed by atoms with Crippen molar-refractivity contribution in [1.29, 1.82) is 0 Å². The molecule has 1 aromatic rings. The highest BCUT2D eigenvalue weighted by Gasteiger charge is 2.18. The van der Waals surface area contributed by atoms with Crippen LogP contribution in [0.1, 0.15) is 0 Å². The highest BCUT2D eigenvalue weighted by Crippen LogP contribution is 2.29. The van der Waals surface area contributed by atoms with E-state index in [2.05, 4.69) is 4.99 Å². The summed E-state index contributed by atoms with van der Waals surface area (Å²) in [5.41, 5.74) is 4.19. The summed E-state index contributed by atoms with van der Waals surface area (Å²) < 4.78 is 25.6. The minimum Gasteiger partial charge on any atom is -0.386 e. The number of amidine groups is 1. The summed E-state index contributed by atoms with van der Waals surface area (Å²) in [5.74, 6) is -2.87. The number of hydrogen-bond acceptors (Lipinski definition) is 3. The molecule has 0 bridgehead atoms. The molecule has 0 aliphatic heterocycles. The number of rotatable bonds is 3. The van der Waals surface area contributed by atoms with Crippen LogP contribution >= 0.6 is 11.6 Å². The Hall–Kier alpha value is -1.76. The standard InChI is InChI=1S/C8H6ClF2N3O2/c9-3-8(12)13-6-1-4(10)5(11)2-7(6)14(15)16/h1-2H,3H2,(H2,12,13). The molecule has 0 unspecified atom stereocenters. The molecule has 0 aliphatic carbocycles. The first-order valence-electron chi connectivity index (χ1n) is 3.98. The topological polar surface area (TPSA) is 81.5 Å². The van der Waals surface area contributed by atoms with Crippen LogP contribution in [0.5, 0.6) is 0 Å². The molecule has 5 nitrogen and oxygen atoms in total. The van der Waals surface area contributed by atoms with Gasteiger partial charge in [-0.1, -0.05) is 0 Å². The number of hydrogen-bond donors (Lipinski definition) is 1. The predicted octanol–water partition coefficient (Wildman–Crippen LogP) is 2.10. The van der Waals surface area contributed by atoms with Crippen molar-refractivity contribution in [2.75, 3.05) is 5.88 Å². The van der Waals surface area contributed by atoms with Gasteiger partial charge in [-0.05, 0) is 0 Å². The first kappa shape index (κ1) is 12.3. The number of nitrogens with zero attached hydrogens (tertiary/aromatic N) is 2. The van der Waals surface area contributed by atoms with E-state index in [1.54, 1.807) is 0 Å². The van der Waals surface area contributed by atoms with Crippen molar-refractivity contribution in [3.63, 3.8) is 0 Å². The fourth-order valence-corrected chi connectivity index (χ4v) is 1.01. The number of benzene rings is 1. The molecule has 8 heteroatoms. The van der Waals surface area contributed by atoms with Gasteiger partial charge in [-0.25, -0.2) is 13.8 Å². The molecule has 0 radical (unpaired) electrons. The summed E-state index contributed by atoms with van der Waals surface area (Å²) in [7, 11) is 0. The molecule has 0 atom stereocenters. The lowest BCUT2D eigenvalue weighted by atomic mass is 10.2. The molecule has 2 N–H and O–H groups in total. The normalized spacial score (nSPS) is 11.6. The summed E-state index contributed by atoms with van der Waals surface area (Å²) in [4.78, 5) is 13.2. The summed E-state index contributed by atoms with van der Waals surface area (Å²) in [6, 6.07) is 1.03. The number of nitro benzene ring substituents is 1. The lowest BCUT2D eigenvalue weighted by molar-refractivity contribution is -0.384. The Morgan fingerprint density at radius 2 is 2.06 bits per heavy atom. The minimum absolute atomic E-state index is 0.129. The molecule has 0 heterocycles. The molecule has 16 heavy (non-hydrogen) atoms. The van der Waals surface area contributed by atoms with E-state index in [0.29, 0.717) is 12.1 Å². The van der Waals surface area contributed by atoms with E-state index in [-0.39, 0.29) is 17.4 Å². The summed E-state index contributed by atoms with van der Waals surface area (Å²) >= 11 is 5.31. The summed E-state index contributed by atoms with van der Waals surface area (Å²) in [5, 5.41) is 10.5. The Balaban J connectivity index is 3.36. The third-order valence-corrected chi connectivity index (χ3v) is 1.89. The van der Waals surface area contributed by atoms with E-state index in [4.69, 9.17) is 17.3 Å². The van der Waals surface area contributed by atoms with Crippen molar-refractivity contribution in [1.82, 2.24) is 0 Å². The molecule has 0 aliphatic rings. The number of alkyl halides is 1. The van der Waals surface area contributed by atoms with E-state index in [0.717, 1.165) is 0 Å². The second-order valence-electron chi connectivity index (χ2n) is 2.75. The van der Waals surface area contributed by atoms with Gasteiger partial charge in [0.05, 0.1) is 16.9 Å². The van der Waals surface area contributed by atoms with Crippen LogP contribution < -0.4 is 5.73 Å². The summed E-state index contributed by atoms with van der Waals surface area (Å²) in [6.07, 6.45) is 0. The van der Waals surface area contributed by atoms with Gasteiger partial charge in [0, 0.05) is 6.07 Å². The van der Waals surface area contributed by atoms with Gasteiger partial charge < -0.3 is 5.73 Å². The highest BCUT2D eigenvalue weighted by molar-refractivity contribution is 6.28. The zero-order valence-electron chi connectivity index (χ0n) is 7.78. The zero-order chi connectivity index (χ0) is 12.3. The largest absolute Gasteiger partial charge is 0.386 e. The van der Waals surface area contributed by atoms with E-state index in [9.17, 15) is 18.9 Å². The predicted molar refractivity (Wildman–Crippen MR) is 55.0 cm³/mol. The van der Waals surface area contributed by atoms with Crippen LogP contribution in [0.25, 0.3) is 0 Å². The van der Waals surface area contributed by atoms with E-state index in [1.165, 1.54) is 0 Å². The van der Waals surface area contributed by atoms with Gasteiger partial charge in [0.15, 0.2) is 11.6 Å². The van der Waals surface area contributed by atoms with Crippen molar-refractivity contribution in [2.24, 2.45) is 10.7 Å². The van der Waals surface area contributed by atoms with E-state index >= 15 is 0 Å². The Morgan fingerprint density at radius 3 is 2.56 bits per heavy atom. The van der Waals surface area contributed by atoms with Crippen molar-refractivity contribution >= 4 is 28.8 Å². The Kier molecular flexibility index (Phi) is 3.73. The molecule has 0 fully saturated rings. The maximum absolute atomic E-state index is 12.8. The van der Waals surface area contributed by atoms with Gasteiger partial charge in [-0.2, -0.15) is 0 Å². The van der Waals surface area contributed by atoms with Gasteiger partial charge in [-0.3, -0.25) is 10.1 Å². The van der Waals surface area contributed by atoms with Crippen LogP contribution in [0.3, 0.4) is 0 Å². The van der Waals surface area contributed by atoms with Gasteiger partial charge in [0.1, 0.15) is 11.5 Å². The zero-order valence-corrected chi connectivity index (χ0v) is 8.54. The van der Waals surface area contributed by atoms with Gasteiger partial charge in [-0.15, -0.1) is 11.6 Å². The van der Waals surface area contributed by atoms with Crippen molar-refractivity contribution in [3.8, 4) is 0 Å². The fourth-order valence-electron chi connectivity index (χ4n) is 0.946. The first-order valence-corrected chi connectivity index (χ1v) is 4.51. The summed E-state index contributed by atoms with van der Waals surface area (Å²) in [6.45, 7) is 0. The smallest absolute Gasteiger partial charge is 0.298 e. The van der Waals surface area contributed by atoms with Gasteiger partial charge in [0.2, 0.25) is 0 Å². The van der Waals surface area contributed by atoms with Crippen molar-refractivity contribution < 1.29 is 13.7 Å². The maximum atomic E-state index is 12.8. The Bertz CT molecular complexity index is 465. The van der Waals surface area contributed by atoms with Crippen LogP contribution in [0.4, 0.5) is 20.2 Å². The second kappa shape index (κ2) is 4.84. The lowest BCUT2D eigenvalue weighted by Gasteiger charge is -2.00. The fraction of sp³-hybridized carbons (Fsp3) is 0.125. The van der Waals surface area contributed by atoms with Crippen LogP contribution in [-0.2, 0) is 0 Å². The average molecular weight is 250 g/mol. The molecular weight excluding hydrogens is 244 g/mol. The van der Waals surface area contributed by atoms with Gasteiger partial charge in [0.25, 0.3) is 5.69 Å². The highest BCUT2D eigenvalue weighted by atomic mass is 35.5. The average Bonchev–Trinajstić information content (AvgIpc) is 2.22. The quantitative estimate of drug-likeness (QED) is 0.293. The van der Waals surface area contributed by atoms with E-state index < -0.39 is 22.2 Å². The minimum atomic E-state index is -1.32. The third kappa shape index (κ3) is 2.63. The molecule has 0 spiro atoms. The third-order valence-electron chi connectivity index (χ3n) is 1.62. The SMILES string of the molecule is NC(CCl)=Nc1cc(F)c(F)cc1[N+](=O)[O-]. The molecule has 0 saturated carbocycles. The number of aliphatic imine (C=N–C) groups is 1. The molecule has 0 amide bonds. The monoisotopic (exact) mass is 249 g/mol. The number of halogens is 3. The van der Waals surface area contributed by atoms with E-state index in [1.807, 2.05) is 0 Å². The van der Waals surface area contributed by atoms with Crippen molar-refractivity contribution in [3.05, 3.63) is 33.9 Å². The van der Waals surface area contributed by atoms with Crippen LogP contribution in [0, 0.1) is 21.7 Å². The molecule has 1 rings (SSSR count). The molecule has 0 saturated heterocycles. The van der Waals surface area contributed by atoms with Gasteiger partial charge >= 0.3 is 0 Å². The molecule has 1 aromatic carbocycles.